The zero-order valence-corrected chi connectivity index (χ0v) is 10.7. The Morgan fingerprint density at radius 3 is 2.53 bits per heavy atom. The molecule has 0 aromatic heterocycles. The molecule has 0 fully saturated rings. The van der Waals surface area contributed by atoms with Gasteiger partial charge in [-0.3, -0.25) is 15.0 Å². The van der Waals surface area contributed by atoms with E-state index >= 15 is 0 Å². The number of benzene rings is 1. The number of nitrogens with two attached hydrogens (primary N) is 1. The predicted molar refractivity (Wildman–Crippen MR) is 73.0 cm³/mol. The molecule has 98 valence electrons. The van der Waals surface area contributed by atoms with Crippen LogP contribution in [-0.2, 0) is 4.79 Å². The van der Waals surface area contributed by atoms with Gasteiger partial charge >= 0.3 is 0 Å². The lowest BCUT2D eigenvalue weighted by Crippen LogP contribution is -2.46. The molecule has 1 amide bonds. The molecule has 2 atom stereocenters. The fourth-order valence-electron chi connectivity index (χ4n) is 2.30. The van der Waals surface area contributed by atoms with Crippen LogP contribution in [0.5, 0.6) is 0 Å². The minimum absolute atomic E-state index is 0.0951. The predicted octanol–water partition coefficient (Wildman–Crippen LogP) is 1.61. The summed E-state index contributed by atoms with van der Waals surface area (Å²) in [6.45, 7) is 1.75. The summed E-state index contributed by atoms with van der Waals surface area (Å²) in [5, 5.41) is 0. The van der Waals surface area contributed by atoms with Crippen LogP contribution in [0.3, 0.4) is 0 Å². The second-order valence-electron chi connectivity index (χ2n) is 4.71. The van der Waals surface area contributed by atoms with Gasteiger partial charge < -0.3 is 0 Å². The lowest BCUT2D eigenvalue weighted by Gasteiger charge is -2.32. The smallest absolute Gasteiger partial charge is 0.242 e. The van der Waals surface area contributed by atoms with E-state index in [1.54, 1.807) is 55.5 Å². The topological polar surface area (TPSA) is 72.2 Å². The van der Waals surface area contributed by atoms with Crippen LogP contribution in [0.2, 0.25) is 0 Å². The highest BCUT2D eigenvalue weighted by Crippen LogP contribution is 2.36. The highest BCUT2D eigenvalue weighted by Gasteiger charge is 2.42. The number of carbonyl (C=O) groups excluding carboxylic acids is 2. The zero-order valence-electron chi connectivity index (χ0n) is 10.7. The molecule has 19 heavy (non-hydrogen) atoms. The Hall–Kier alpha value is -2.20. The van der Waals surface area contributed by atoms with Crippen molar-refractivity contribution in [2.45, 2.75) is 6.92 Å². The fraction of sp³-hybridized carbons (Fsp3) is 0.200. The number of ketones is 1. The Labute approximate surface area is 112 Å². The van der Waals surface area contributed by atoms with Crippen LogP contribution in [0.15, 0.2) is 54.6 Å². The number of amides is 1. The third kappa shape index (κ3) is 2.35. The van der Waals surface area contributed by atoms with Gasteiger partial charge in [0.05, 0.1) is 11.3 Å². The third-order valence-electron chi connectivity index (χ3n) is 3.45. The average Bonchev–Trinajstić information content (AvgIpc) is 2.47. The van der Waals surface area contributed by atoms with Gasteiger partial charge in [0.25, 0.3) is 0 Å². The summed E-state index contributed by atoms with van der Waals surface area (Å²) in [6, 6.07) is 8.95. The van der Waals surface area contributed by atoms with Crippen molar-refractivity contribution in [3.8, 4) is 0 Å². The largest absolute Gasteiger partial charge is 0.294 e. The van der Waals surface area contributed by atoms with Gasteiger partial charge in [0.2, 0.25) is 5.91 Å². The Morgan fingerprint density at radius 1 is 1.21 bits per heavy atom. The number of hydrazine groups is 1. The van der Waals surface area contributed by atoms with Gasteiger partial charge in [-0.15, -0.1) is 0 Å². The molecular weight excluding hydrogens is 240 g/mol. The fourth-order valence-corrected chi connectivity index (χ4v) is 2.30. The molecule has 0 bridgehead atoms. The number of hydrogen-bond acceptors (Lipinski definition) is 3. The average molecular weight is 256 g/mol. The molecule has 4 heteroatoms. The minimum atomic E-state index is -0.917. The lowest BCUT2D eigenvalue weighted by molar-refractivity contribution is -0.125. The van der Waals surface area contributed by atoms with Crippen LogP contribution in [0.4, 0.5) is 0 Å². The highest BCUT2D eigenvalue weighted by molar-refractivity contribution is 6.05. The quantitative estimate of drug-likeness (QED) is 0.373. The molecule has 0 spiro atoms. The molecule has 1 aliphatic rings. The van der Waals surface area contributed by atoms with Gasteiger partial charge in [-0.05, 0) is 6.92 Å². The Bertz CT molecular complexity index is 549. The van der Waals surface area contributed by atoms with Gasteiger partial charge in [0.1, 0.15) is 0 Å². The van der Waals surface area contributed by atoms with Crippen molar-refractivity contribution in [2.24, 2.45) is 17.2 Å². The van der Waals surface area contributed by atoms with E-state index in [1.807, 2.05) is 6.07 Å². The van der Waals surface area contributed by atoms with Gasteiger partial charge in [-0.1, -0.05) is 54.6 Å². The molecule has 1 aliphatic carbocycles. The molecule has 0 aliphatic heterocycles. The molecule has 0 saturated carbocycles. The monoisotopic (exact) mass is 256 g/mol. The van der Waals surface area contributed by atoms with E-state index in [0.29, 0.717) is 5.56 Å². The van der Waals surface area contributed by atoms with E-state index in [4.69, 9.17) is 5.84 Å². The van der Waals surface area contributed by atoms with E-state index < -0.39 is 11.3 Å². The molecule has 0 saturated heterocycles. The van der Waals surface area contributed by atoms with E-state index in [-0.39, 0.29) is 11.7 Å². The number of Topliss-reactive ketones (excluding diaryl/α,β-unsaturated/α-hetero) is 1. The van der Waals surface area contributed by atoms with Gasteiger partial charge in [-0.25, -0.2) is 5.84 Å². The van der Waals surface area contributed by atoms with Gasteiger partial charge in [-0.2, -0.15) is 0 Å². The highest BCUT2D eigenvalue weighted by atomic mass is 16.2. The van der Waals surface area contributed by atoms with Gasteiger partial charge in [0.15, 0.2) is 5.78 Å². The number of carbonyl (C=O) groups is 2. The lowest BCUT2D eigenvalue weighted by atomic mass is 9.69. The van der Waals surface area contributed by atoms with Crippen LogP contribution in [-0.4, -0.2) is 11.7 Å². The summed E-state index contributed by atoms with van der Waals surface area (Å²) in [4.78, 5) is 24.5. The molecular formula is C15H16N2O2. The second-order valence-corrected chi connectivity index (χ2v) is 4.71. The van der Waals surface area contributed by atoms with E-state index in [1.165, 1.54) is 0 Å². The van der Waals surface area contributed by atoms with Crippen molar-refractivity contribution in [1.82, 2.24) is 5.43 Å². The molecule has 0 radical (unpaired) electrons. The van der Waals surface area contributed by atoms with Crippen molar-refractivity contribution in [2.75, 3.05) is 0 Å². The first-order valence-corrected chi connectivity index (χ1v) is 6.06. The van der Waals surface area contributed by atoms with Crippen LogP contribution in [0.25, 0.3) is 0 Å². The first kappa shape index (κ1) is 13.2. The Kier molecular flexibility index (Phi) is 3.62. The van der Waals surface area contributed by atoms with Crippen LogP contribution in [0, 0.1) is 11.3 Å². The molecule has 2 rings (SSSR count). The third-order valence-corrected chi connectivity index (χ3v) is 3.45. The van der Waals surface area contributed by atoms with E-state index in [2.05, 4.69) is 5.43 Å². The van der Waals surface area contributed by atoms with Crippen molar-refractivity contribution in [1.29, 1.82) is 0 Å². The van der Waals surface area contributed by atoms with Crippen molar-refractivity contribution in [3.63, 3.8) is 0 Å². The summed E-state index contributed by atoms with van der Waals surface area (Å²) < 4.78 is 0. The summed E-state index contributed by atoms with van der Waals surface area (Å²) in [5.41, 5.74) is 1.79. The van der Waals surface area contributed by atoms with Crippen molar-refractivity contribution < 1.29 is 9.59 Å². The minimum Gasteiger partial charge on any atom is -0.294 e. The standard InChI is InChI=1S/C15H16N2O2/c1-15(13(18)11-7-3-2-4-8-11)10-6-5-9-12(15)14(19)17-16/h2-10,12H,16H2,1H3,(H,17,19). The first-order valence-electron chi connectivity index (χ1n) is 6.06. The number of rotatable bonds is 3. The molecule has 3 N–H and O–H groups in total. The van der Waals surface area contributed by atoms with Gasteiger partial charge in [0, 0.05) is 5.56 Å². The Balaban J connectivity index is 2.40. The van der Waals surface area contributed by atoms with Crippen molar-refractivity contribution >= 4 is 11.7 Å². The van der Waals surface area contributed by atoms with Crippen LogP contribution < -0.4 is 11.3 Å². The van der Waals surface area contributed by atoms with Crippen LogP contribution in [0.1, 0.15) is 17.3 Å². The maximum atomic E-state index is 12.6. The summed E-state index contributed by atoms with van der Waals surface area (Å²) >= 11 is 0. The summed E-state index contributed by atoms with van der Waals surface area (Å²) in [5.74, 6) is 4.13. The number of hydrogen-bond donors (Lipinski definition) is 2. The zero-order chi connectivity index (χ0) is 13.9. The number of allylic oxidation sites excluding steroid dienone is 3. The van der Waals surface area contributed by atoms with Crippen molar-refractivity contribution in [3.05, 3.63) is 60.2 Å². The molecule has 4 nitrogen and oxygen atoms in total. The normalized spacial score (nSPS) is 25.1. The SMILES string of the molecule is CC1(C(=O)c2ccccc2)C=CC=CC1C(=O)NN. The number of nitrogens with one attached hydrogen (secondary N) is 1. The first-order chi connectivity index (χ1) is 9.09. The Morgan fingerprint density at radius 2 is 1.89 bits per heavy atom. The summed E-state index contributed by atoms with van der Waals surface area (Å²) in [6.07, 6.45) is 6.98. The van der Waals surface area contributed by atoms with E-state index in [9.17, 15) is 9.59 Å². The second kappa shape index (κ2) is 5.20. The maximum Gasteiger partial charge on any atom is 0.242 e. The van der Waals surface area contributed by atoms with Crippen LogP contribution >= 0.6 is 0 Å². The molecule has 2 unspecified atom stereocenters. The molecule has 0 heterocycles. The summed E-state index contributed by atoms with van der Waals surface area (Å²) in [7, 11) is 0. The maximum absolute atomic E-state index is 12.6. The van der Waals surface area contributed by atoms with E-state index in [0.717, 1.165) is 0 Å². The molecule has 1 aromatic rings. The molecule has 1 aromatic carbocycles.